The number of halogens is 2. The highest BCUT2D eigenvalue weighted by molar-refractivity contribution is 7.90. The van der Waals surface area contributed by atoms with Crippen LogP contribution in [-0.4, -0.2) is 21.2 Å². The van der Waals surface area contributed by atoms with Crippen molar-refractivity contribution < 1.29 is 17.2 Å². The Hall–Kier alpha value is -1.01. The number of rotatable bonds is 3. The van der Waals surface area contributed by atoms with Crippen LogP contribution in [0.2, 0.25) is 0 Å². The molecule has 20 heavy (non-hydrogen) atoms. The van der Waals surface area contributed by atoms with E-state index in [1.54, 1.807) is 0 Å². The summed E-state index contributed by atoms with van der Waals surface area (Å²) in [4.78, 5) is -0.596. The Bertz CT molecular complexity index is 608. The van der Waals surface area contributed by atoms with Gasteiger partial charge in [-0.1, -0.05) is 25.3 Å². The summed E-state index contributed by atoms with van der Waals surface area (Å²) < 4.78 is 51.2. The van der Waals surface area contributed by atoms with Crippen LogP contribution in [0.4, 0.5) is 8.78 Å². The van der Waals surface area contributed by atoms with Crippen molar-refractivity contribution >= 4 is 9.84 Å². The zero-order valence-corrected chi connectivity index (χ0v) is 12.3. The molecule has 0 aliphatic heterocycles. The van der Waals surface area contributed by atoms with Crippen LogP contribution in [0, 0.1) is 11.6 Å². The van der Waals surface area contributed by atoms with Crippen molar-refractivity contribution in [3.63, 3.8) is 0 Å². The largest absolute Gasteiger partial charge is 0.330 e. The summed E-state index contributed by atoms with van der Waals surface area (Å²) in [5.41, 5.74) is 5.45. The second kappa shape index (κ2) is 5.41. The first-order valence-electron chi connectivity index (χ1n) is 6.70. The van der Waals surface area contributed by atoms with Crippen molar-refractivity contribution in [3.05, 3.63) is 29.3 Å². The third kappa shape index (κ3) is 2.59. The Labute approximate surface area is 118 Å². The third-order valence-corrected chi connectivity index (χ3v) is 5.33. The molecule has 1 saturated carbocycles. The first kappa shape index (κ1) is 15.4. The van der Waals surface area contributed by atoms with Gasteiger partial charge in [-0.05, 0) is 24.5 Å². The summed E-state index contributed by atoms with van der Waals surface area (Å²) in [6.07, 6.45) is 5.19. The molecule has 0 radical (unpaired) electrons. The van der Waals surface area contributed by atoms with E-state index in [0.29, 0.717) is 12.8 Å². The number of hydrogen-bond donors (Lipinski definition) is 1. The Balaban J connectivity index is 2.56. The fourth-order valence-corrected chi connectivity index (χ4v) is 3.77. The van der Waals surface area contributed by atoms with Crippen LogP contribution in [0.15, 0.2) is 17.0 Å². The topological polar surface area (TPSA) is 60.2 Å². The van der Waals surface area contributed by atoms with Crippen molar-refractivity contribution in [2.24, 2.45) is 5.73 Å². The molecule has 2 N–H and O–H groups in total. The molecule has 1 aliphatic carbocycles. The molecule has 1 aromatic carbocycles. The molecule has 0 bridgehead atoms. The van der Waals surface area contributed by atoms with E-state index in [9.17, 15) is 17.2 Å². The van der Waals surface area contributed by atoms with Crippen LogP contribution in [0.25, 0.3) is 0 Å². The van der Waals surface area contributed by atoms with Gasteiger partial charge in [0.2, 0.25) is 0 Å². The first-order chi connectivity index (χ1) is 9.32. The molecule has 1 aliphatic rings. The maximum absolute atomic E-state index is 14.3. The second-order valence-electron chi connectivity index (χ2n) is 5.56. The number of nitrogens with two attached hydrogens (primary N) is 1. The molecule has 2 rings (SSSR count). The van der Waals surface area contributed by atoms with Gasteiger partial charge in [-0.15, -0.1) is 0 Å². The minimum Gasteiger partial charge on any atom is -0.330 e. The fourth-order valence-electron chi connectivity index (χ4n) is 3.04. The van der Waals surface area contributed by atoms with Crippen LogP contribution in [0.3, 0.4) is 0 Å². The van der Waals surface area contributed by atoms with Gasteiger partial charge in [0.1, 0.15) is 4.90 Å². The summed E-state index contributed by atoms with van der Waals surface area (Å²) in [6, 6.07) is 2.53. The maximum Gasteiger partial charge on any atom is 0.178 e. The minimum absolute atomic E-state index is 0.213. The van der Waals surface area contributed by atoms with Gasteiger partial charge in [-0.2, -0.15) is 0 Å². The van der Waals surface area contributed by atoms with Crippen molar-refractivity contribution in [2.75, 3.05) is 12.8 Å². The van der Waals surface area contributed by atoms with Gasteiger partial charge in [0.15, 0.2) is 21.5 Å². The Morgan fingerprint density at radius 1 is 1.15 bits per heavy atom. The minimum atomic E-state index is -3.78. The molecule has 0 aromatic heterocycles. The molecule has 0 saturated heterocycles. The molecule has 0 atom stereocenters. The zero-order chi connectivity index (χ0) is 15.0. The third-order valence-electron chi connectivity index (χ3n) is 4.22. The predicted molar refractivity (Wildman–Crippen MR) is 73.3 cm³/mol. The lowest BCUT2D eigenvalue weighted by molar-refractivity contribution is 0.287. The Morgan fingerprint density at radius 3 is 2.25 bits per heavy atom. The number of hydrogen-bond acceptors (Lipinski definition) is 3. The highest BCUT2D eigenvalue weighted by atomic mass is 32.2. The smallest absolute Gasteiger partial charge is 0.178 e. The van der Waals surface area contributed by atoms with Gasteiger partial charge >= 0.3 is 0 Å². The van der Waals surface area contributed by atoms with E-state index in [-0.39, 0.29) is 12.1 Å². The molecule has 1 aromatic rings. The normalized spacial score (nSPS) is 19.0. The maximum atomic E-state index is 14.3. The molecule has 3 nitrogen and oxygen atoms in total. The molecule has 0 unspecified atom stereocenters. The monoisotopic (exact) mass is 303 g/mol. The quantitative estimate of drug-likeness (QED) is 0.933. The highest BCUT2D eigenvalue weighted by Gasteiger charge is 2.36. The van der Waals surface area contributed by atoms with E-state index >= 15 is 0 Å². The Morgan fingerprint density at radius 2 is 1.75 bits per heavy atom. The molecule has 6 heteroatoms. The molecule has 0 heterocycles. The van der Waals surface area contributed by atoms with E-state index in [1.807, 2.05) is 0 Å². The summed E-state index contributed by atoms with van der Waals surface area (Å²) >= 11 is 0. The standard InChI is InChI=1S/C14H19F2NO2S/c1-20(18,19)11-6-5-10(12(15)13(11)16)14(9-17)7-3-2-4-8-14/h5-6H,2-4,7-9,17H2,1H3. The van der Waals surface area contributed by atoms with E-state index in [1.165, 1.54) is 6.07 Å². The number of sulfone groups is 1. The lowest BCUT2D eigenvalue weighted by atomic mass is 9.69. The van der Waals surface area contributed by atoms with Gasteiger partial charge in [-0.25, -0.2) is 17.2 Å². The SMILES string of the molecule is CS(=O)(=O)c1ccc(C2(CN)CCCCC2)c(F)c1F. The fraction of sp³-hybridized carbons (Fsp3) is 0.571. The predicted octanol–water partition coefficient (Wildman–Crippen LogP) is 2.53. The Kier molecular flexibility index (Phi) is 4.16. The lowest BCUT2D eigenvalue weighted by Crippen LogP contribution is -2.38. The number of benzene rings is 1. The van der Waals surface area contributed by atoms with Crippen LogP contribution in [0.5, 0.6) is 0 Å². The van der Waals surface area contributed by atoms with Crippen LogP contribution in [-0.2, 0) is 15.3 Å². The van der Waals surface area contributed by atoms with Crippen LogP contribution in [0.1, 0.15) is 37.7 Å². The summed E-state index contributed by atoms with van der Waals surface area (Å²) in [5.74, 6) is -2.36. The van der Waals surface area contributed by atoms with Gasteiger partial charge in [0.25, 0.3) is 0 Å². The van der Waals surface area contributed by atoms with E-state index in [4.69, 9.17) is 5.73 Å². The molecule has 0 amide bonds. The first-order valence-corrected chi connectivity index (χ1v) is 8.59. The molecule has 1 fully saturated rings. The molecular weight excluding hydrogens is 284 g/mol. The van der Waals surface area contributed by atoms with Crippen molar-refractivity contribution in [2.45, 2.75) is 42.4 Å². The van der Waals surface area contributed by atoms with Gasteiger partial charge in [0, 0.05) is 18.2 Å². The molecule has 0 spiro atoms. The van der Waals surface area contributed by atoms with Crippen molar-refractivity contribution in [1.82, 2.24) is 0 Å². The lowest BCUT2D eigenvalue weighted by Gasteiger charge is -2.37. The van der Waals surface area contributed by atoms with E-state index < -0.39 is 31.8 Å². The van der Waals surface area contributed by atoms with E-state index in [0.717, 1.165) is 31.6 Å². The van der Waals surface area contributed by atoms with Crippen molar-refractivity contribution in [3.8, 4) is 0 Å². The molecular formula is C14H19F2NO2S. The van der Waals surface area contributed by atoms with Crippen LogP contribution < -0.4 is 5.73 Å². The van der Waals surface area contributed by atoms with Gasteiger partial charge in [-0.3, -0.25) is 0 Å². The molecule has 112 valence electrons. The second-order valence-corrected chi connectivity index (χ2v) is 7.54. The van der Waals surface area contributed by atoms with E-state index in [2.05, 4.69) is 0 Å². The van der Waals surface area contributed by atoms with Crippen molar-refractivity contribution in [1.29, 1.82) is 0 Å². The summed E-state index contributed by atoms with van der Waals surface area (Å²) in [5, 5.41) is 0. The van der Waals surface area contributed by atoms with Gasteiger partial charge in [0.05, 0.1) is 0 Å². The highest BCUT2D eigenvalue weighted by Crippen LogP contribution is 2.40. The van der Waals surface area contributed by atoms with Crippen LogP contribution >= 0.6 is 0 Å². The summed E-state index contributed by atoms with van der Waals surface area (Å²) in [6.45, 7) is 0.238. The average Bonchev–Trinajstić information content (AvgIpc) is 2.41. The zero-order valence-electron chi connectivity index (χ0n) is 11.5. The average molecular weight is 303 g/mol. The van der Waals surface area contributed by atoms with Gasteiger partial charge < -0.3 is 5.73 Å². The summed E-state index contributed by atoms with van der Waals surface area (Å²) in [7, 11) is -3.78.